The molecule has 0 N–H and O–H groups in total. The van der Waals surface area contributed by atoms with Crippen molar-refractivity contribution >= 4 is 65.8 Å². The topological polar surface area (TPSA) is 0 Å². The van der Waals surface area contributed by atoms with Crippen molar-refractivity contribution in [3.05, 3.63) is 0 Å². The first-order valence-electron chi connectivity index (χ1n) is 0.309. The van der Waals surface area contributed by atoms with Crippen LogP contribution < -0.4 is 0 Å². The van der Waals surface area contributed by atoms with Crippen LogP contribution in [-0.4, -0.2) is 37.5 Å². The number of hydrogen-bond donors (Lipinski definition) is 0. The van der Waals surface area contributed by atoms with Gasteiger partial charge in [0, 0.05) is 26.2 Å². The van der Waals surface area contributed by atoms with Gasteiger partial charge >= 0.3 is 39.6 Å². The molecule has 0 amide bonds. The third-order valence-electron chi connectivity index (χ3n) is 0. The second-order valence-corrected chi connectivity index (χ2v) is 8.18. The average molecular weight is 448 g/mol. The first-order valence-corrected chi connectivity index (χ1v) is 8.33. The Kier molecular flexibility index (Phi) is 21.7. The molecule has 0 rings (SSSR count). The van der Waals surface area contributed by atoms with Crippen molar-refractivity contribution in [2.75, 3.05) is 0 Å². The van der Waals surface area contributed by atoms with Gasteiger partial charge in [-0.3, -0.25) is 0 Å². The Morgan fingerprint density at radius 1 is 1.25 bits per heavy atom. The van der Waals surface area contributed by atoms with Crippen molar-refractivity contribution < 1.29 is 0 Å². The molecule has 0 aliphatic rings. The monoisotopic (exact) mass is 447 g/mol. The summed E-state index contributed by atoms with van der Waals surface area (Å²) in [6.07, 6.45) is 0. The van der Waals surface area contributed by atoms with Crippen LogP contribution in [0.1, 0.15) is 0 Å². The van der Waals surface area contributed by atoms with Crippen LogP contribution in [-0.2, 0) is 0 Å². The Morgan fingerprint density at radius 3 is 1.25 bits per heavy atom. The maximum absolute atomic E-state index is 3.12. The molecule has 0 aliphatic carbocycles. The SMILES string of the molecule is Br[Se]Br.[Bi]. The van der Waals surface area contributed by atoms with Gasteiger partial charge in [-0.05, 0) is 0 Å². The van der Waals surface area contributed by atoms with Gasteiger partial charge in [-0.2, -0.15) is 0 Å². The molecule has 0 spiro atoms. The number of rotatable bonds is 0. The molecular weight excluding hydrogens is 448 g/mol. The van der Waals surface area contributed by atoms with Crippen LogP contribution in [0.4, 0.5) is 0 Å². The maximum Gasteiger partial charge on any atom is 0 e. The van der Waals surface area contributed by atoms with Crippen molar-refractivity contribution in [2.45, 2.75) is 0 Å². The summed E-state index contributed by atoms with van der Waals surface area (Å²) in [5.41, 5.74) is 0. The standard InChI is InChI=1S/Bi.Br2Se/c;1-3-2. The normalized spacial score (nSPS) is 4.50. The molecule has 3 radical (unpaired) electrons. The van der Waals surface area contributed by atoms with Crippen LogP contribution in [0.5, 0.6) is 0 Å². The number of halogens is 2. The molecule has 0 heterocycles. The van der Waals surface area contributed by atoms with E-state index in [0.717, 1.165) is 0 Å². The Hall–Kier alpha value is 2.36. The van der Waals surface area contributed by atoms with Gasteiger partial charge < -0.3 is 0 Å². The smallest absolute Gasteiger partial charge is 0 e. The largest absolute Gasteiger partial charge is 0 e. The van der Waals surface area contributed by atoms with E-state index in [4.69, 9.17) is 0 Å². The van der Waals surface area contributed by atoms with Crippen LogP contribution in [0.15, 0.2) is 0 Å². The van der Waals surface area contributed by atoms with E-state index in [9.17, 15) is 0 Å². The van der Waals surface area contributed by atoms with Gasteiger partial charge in [0.05, 0.1) is 0 Å². The first-order chi connectivity index (χ1) is 1.41. The molecule has 25 valence electrons. The van der Waals surface area contributed by atoms with E-state index in [1.54, 1.807) is 0 Å². The van der Waals surface area contributed by atoms with E-state index in [2.05, 4.69) is 28.2 Å². The summed E-state index contributed by atoms with van der Waals surface area (Å²) in [7, 11) is 0. The number of hydrogen-bond acceptors (Lipinski definition) is 0. The Morgan fingerprint density at radius 2 is 1.25 bits per heavy atom. The minimum Gasteiger partial charge on any atom is 0 e. The zero-order valence-corrected chi connectivity index (χ0v) is 9.97. The molecule has 0 aromatic carbocycles. The van der Waals surface area contributed by atoms with Crippen molar-refractivity contribution in [3.8, 4) is 0 Å². The first kappa shape index (κ1) is 9.61. The van der Waals surface area contributed by atoms with E-state index in [1.807, 2.05) is 0 Å². The molecule has 0 fully saturated rings. The predicted octanol–water partition coefficient (Wildman–Crippen LogP) is 0.930. The molecule has 0 saturated carbocycles. The third-order valence-corrected chi connectivity index (χ3v) is 0. The van der Waals surface area contributed by atoms with Gasteiger partial charge in [0.2, 0.25) is 0 Å². The minimum absolute atomic E-state index is 0. The Bertz CT molecular complexity index is 6.00. The van der Waals surface area contributed by atoms with Gasteiger partial charge in [-0.25, -0.2) is 0 Å². The fraction of sp³-hybridized carbons (Fsp3) is 0. The maximum atomic E-state index is 3.12. The van der Waals surface area contributed by atoms with E-state index >= 15 is 0 Å². The van der Waals surface area contributed by atoms with Crippen molar-refractivity contribution in [3.63, 3.8) is 0 Å². The van der Waals surface area contributed by atoms with Crippen LogP contribution in [0.2, 0.25) is 0 Å². The van der Waals surface area contributed by atoms with Gasteiger partial charge in [0.15, 0.2) is 0 Å². The van der Waals surface area contributed by atoms with Gasteiger partial charge in [-0.1, -0.05) is 0 Å². The van der Waals surface area contributed by atoms with E-state index < -0.39 is 0 Å². The molecule has 0 nitrogen and oxygen atoms in total. The van der Waals surface area contributed by atoms with Crippen molar-refractivity contribution in [2.24, 2.45) is 0 Å². The van der Waals surface area contributed by atoms with E-state index in [1.165, 1.54) is 0 Å². The molecule has 4 heteroatoms. The van der Waals surface area contributed by atoms with Crippen LogP contribution in [0.3, 0.4) is 0 Å². The summed E-state index contributed by atoms with van der Waals surface area (Å²) in [5.74, 6) is 0. The van der Waals surface area contributed by atoms with E-state index in [-0.39, 0.29) is 26.2 Å². The molecule has 0 atom stereocenters. The second-order valence-electron chi connectivity index (χ2n) is 0.0583. The fourth-order valence-electron chi connectivity index (χ4n) is 0. The summed E-state index contributed by atoms with van der Waals surface area (Å²) in [6.45, 7) is 0. The molecule has 4 heavy (non-hydrogen) atoms. The predicted molar refractivity (Wildman–Crippen MR) is 29.4 cm³/mol. The summed E-state index contributed by atoms with van der Waals surface area (Å²) < 4.78 is 0. The van der Waals surface area contributed by atoms with Crippen molar-refractivity contribution in [1.29, 1.82) is 0 Å². The zero-order valence-electron chi connectivity index (χ0n) is 1.61. The van der Waals surface area contributed by atoms with Crippen molar-refractivity contribution in [1.82, 2.24) is 0 Å². The Balaban J connectivity index is 0. The average Bonchev–Trinajstić information content (AvgIpc) is 0.918. The molecule has 0 aromatic rings. The summed E-state index contributed by atoms with van der Waals surface area (Å²) in [6, 6.07) is 0. The van der Waals surface area contributed by atoms with Crippen LogP contribution in [0, 0.1) is 0 Å². The minimum atomic E-state index is 0. The van der Waals surface area contributed by atoms with E-state index in [0.29, 0.717) is 11.3 Å². The summed E-state index contributed by atoms with van der Waals surface area (Å²) >= 11 is 6.75. The molecule has 0 aliphatic heterocycles. The quantitative estimate of drug-likeness (QED) is 0.485. The second kappa shape index (κ2) is 9.03. The molecule has 0 unspecified atom stereocenters. The zero-order chi connectivity index (χ0) is 2.71. The summed E-state index contributed by atoms with van der Waals surface area (Å²) in [4.78, 5) is 0. The molecule has 0 saturated heterocycles. The molecular formula is BiBr2Se. The molecule has 0 bridgehead atoms. The summed E-state index contributed by atoms with van der Waals surface area (Å²) in [5, 5.41) is 0. The third kappa shape index (κ3) is 8.84. The van der Waals surface area contributed by atoms with Gasteiger partial charge in [-0.15, -0.1) is 0 Å². The van der Waals surface area contributed by atoms with Gasteiger partial charge in [0.1, 0.15) is 0 Å². The fourth-order valence-corrected chi connectivity index (χ4v) is 0. The molecule has 0 aromatic heterocycles. The van der Waals surface area contributed by atoms with Crippen LogP contribution >= 0.6 is 28.2 Å². The van der Waals surface area contributed by atoms with Gasteiger partial charge in [0.25, 0.3) is 0 Å². The van der Waals surface area contributed by atoms with Crippen LogP contribution in [0.25, 0.3) is 0 Å². The Labute approximate surface area is 64.8 Å².